The number of hydrogen-bond acceptors (Lipinski definition) is 3. The first-order valence-corrected chi connectivity index (χ1v) is 10.9. The van der Waals surface area contributed by atoms with Crippen molar-refractivity contribution < 1.29 is 14.0 Å². The molecule has 0 radical (unpaired) electrons. The number of hydrogen-bond donors (Lipinski definition) is 1. The maximum atomic E-state index is 13.6. The third-order valence-corrected chi connectivity index (χ3v) is 6.68. The third kappa shape index (κ3) is 3.30. The lowest BCUT2D eigenvalue weighted by atomic mass is 9.91. The molecule has 2 aliphatic carbocycles. The fourth-order valence-electron chi connectivity index (χ4n) is 4.76. The third-order valence-electron chi connectivity index (χ3n) is 6.68. The van der Waals surface area contributed by atoms with E-state index < -0.39 is 5.54 Å². The van der Waals surface area contributed by atoms with Crippen molar-refractivity contribution in [1.82, 2.24) is 15.1 Å². The van der Waals surface area contributed by atoms with Crippen molar-refractivity contribution >= 4 is 17.5 Å². The zero-order chi connectivity index (χ0) is 20.9. The van der Waals surface area contributed by atoms with Crippen LogP contribution in [0.25, 0.3) is 0 Å². The van der Waals surface area contributed by atoms with Gasteiger partial charge in [-0.3, -0.25) is 19.2 Å². The summed E-state index contributed by atoms with van der Waals surface area (Å²) in [6.07, 6.45) is 7.52. The van der Waals surface area contributed by atoms with Gasteiger partial charge in [0.1, 0.15) is 17.1 Å². The maximum absolute atomic E-state index is 13.6. The molecule has 1 atom stereocenters. The summed E-state index contributed by atoms with van der Waals surface area (Å²) in [5.74, 6) is -0.412. The lowest BCUT2D eigenvalue weighted by Crippen LogP contribution is -2.65. The van der Waals surface area contributed by atoms with Crippen molar-refractivity contribution in [2.24, 2.45) is 0 Å². The molecular formula is C23H27FN4O2. The van der Waals surface area contributed by atoms with Crippen LogP contribution in [-0.4, -0.2) is 33.2 Å². The van der Waals surface area contributed by atoms with Crippen LogP contribution in [0.1, 0.15) is 74.0 Å². The van der Waals surface area contributed by atoms with Gasteiger partial charge in [0, 0.05) is 17.6 Å². The van der Waals surface area contributed by atoms with Gasteiger partial charge in [-0.15, -0.1) is 0 Å². The molecule has 1 aliphatic heterocycles. The van der Waals surface area contributed by atoms with E-state index >= 15 is 0 Å². The fourth-order valence-corrected chi connectivity index (χ4v) is 4.76. The molecule has 6 nitrogen and oxygen atoms in total. The van der Waals surface area contributed by atoms with Crippen molar-refractivity contribution in [3.8, 4) is 0 Å². The first-order valence-electron chi connectivity index (χ1n) is 10.9. The van der Waals surface area contributed by atoms with Crippen molar-refractivity contribution in [2.75, 3.05) is 4.90 Å². The molecule has 0 bridgehead atoms. The van der Waals surface area contributed by atoms with Crippen molar-refractivity contribution in [2.45, 2.75) is 75.9 Å². The molecule has 1 aromatic carbocycles. The van der Waals surface area contributed by atoms with Gasteiger partial charge in [-0.2, -0.15) is 5.10 Å². The smallest absolute Gasteiger partial charge is 0.277 e. The van der Waals surface area contributed by atoms with Gasteiger partial charge in [0.05, 0.1) is 12.2 Å². The van der Waals surface area contributed by atoms with Crippen LogP contribution in [0.3, 0.4) is 0 Å². The van der Waals surface area contributed by atoms with Gasteiger partial charge >= 0.3 is 0 Å². The molecule has 2 aromatic rings. The number of nitrogens with zero attached hydrogens (tertiary/aromatic N) is 3. The fraction of sp³-hybridized carbons (Fsp3) is 0.522. The SMILES string of the molecule is CC1(C(=O)NC2CCCCC2)Cn2nc(C3CC3)cc2C(=O)N1c1ccc(F)cc1. The van der Waals surface area contributed by atoms with Gasteiger partial charge in [-0.25, -0.2) is 4.39 Å². The van der Waals surface area contributed by atoms with Crippen LogP contribution in [0.15, 0.2) is 30.3 Å². The molecule has 1 aromatic heterocycles. The molecule has 1 N–H and O–H groups in total. The first-order chi connectivity index (χ1) is 14.5. The molecule has 3 aliphatic rings. The minimum atomic E-state index is -1.15. The van der Waals surface area contributed by atoms with Crippen LogP contribution >= 0.6 is 0 Å². The average Bonchev–Trinajstić information content (AvgIpc) is 3.50. The van der Waals surface area contributed by atoms with E-state index in [1.165, 1.54) is 23.5 Å². The van der Waals surface area contributed by atoms with Crippen molar-refractivity contribution in [1.29, 1.82) is 0 Å². The van der Waals surface area contributed by atoms with Crippen LogP contribution < -0.4 is 10.2 Å². The Labute approximate surface area is 175 Å². The van der Waals surface area contributed by atoms with E-state index in [2.05, 4.69) is 10.4 Å². The number of nitrogens with one attached hydrogen (secondary N) is 1. The standard InChI is InChI=1S/C23H27FN4O2/c1-23(22(30)25-17-5-3-2-4-6-17)14-27-20(13-19(26-27)15-7-8-15)21(29)28(23)18-11-9-16(24)10-12-18/h9-13,15,17H,2-8,14H2,1H3,(H,25,30). The molecule has 30 heavy (non-hydrogen) atoms. The molecule has 5 rings (SSSR count). The highest BCUT2D eigenvalue weighted by Gasteiger charge is 2.49. The Balaban J connectivity index is 1.53. The summed E-state index contributed by atoms with van der Waals surface area (Å²) in [6.45, 7) is 2.06. The van der Waals surface area contributed by atoms with Crippen molar-refractivity contribution in [3.63, 3.8) is 0 Å². The van der Waals surface area contributed by atoms with Crippen molar-refractivity contribution in [3.05, 3.63) is 47.5 Å². The molecule has 158 valence electrons. The molecule has 7 heteroatoms. The topological polar surface area (TPSA) is 67.2 Å². The predicted molar refractivity (Wildman–Crippen MR) is 111 cm³/mol. The minimum Gasteiger partial charge on any atom is -0.351 e. The summed E-state index contributed by atoms with van der Waals surface area (Å²) in [7, 11) is 0. The van der Waals surface area contributed by atoms with E-state index in [-0.39, 0.29) is 30.2 Å². The van der Waals surface area contributed by atoms with E-state index in [0.29, 0.717) is 17.3 Å². The summed E-state index contributed by atoms with van der Waals surface area (Å²) < 4.78 is 15.2. The summed E-state index contributed by atoms with van der Waals surface area (Å²) in [4.78, 5) is 28.6. The molecular weight excluding hydrogens is 383 g/mol. The van der Waals surface area contributed by atoms with Gasteiger partial charge in [-0.1, -0.05) is 19.3 Å². The Morgan fingerprint density at radius 3 is 2.50 bits per heavy atom. The highest BCUT2D eigenvalue weighted by atomic mass is 19.1. The monoisotopic (exact) mass is 410 g/mol. The Hall–Kier alpha value is -2.70. The molecule has 1 unspecified atom stereocenters. The second-order valence-corrected chi connectivity index (χ2v) is 9.09. The van der Waals surface area contributed by atoms with Gasteiger partial charge in [-0.05, 0) is 62.9 Å². The molecule has 2 saturated carbocycles. The predicted octanol–water partition coefficient (Wildman–Crippen LogP) is 3.77. The lowest BCUT2D eigenvalue weighted by molar-refractivity contribution is -0.127. The minimum absolute atomic E-state index is 0.134. The number of benzene rings is 1. The van der Waals surface area contributed by atoms with E-state index in [4.69, 9.17) is 0 Å². The number of carbonyl (C=O) groups is 2. The highest BCUT2D eigenvalue weighted by molar-refractivity contribution is 6.11. The second kappa shape index (κ2) is 7.22. The summed E-state index contributed by atoms with van der Waals surface area (Å²) in [5.41, 5.74) is 0.785. The second-order valence-electron chi connectivity index (χ2n) is 9.09. The number of fused-ring (bicyclic) bond motifs is 1. The van der Waals surface area contributed by atoms with E-state index in [9.17, 15) is 14.0 Å². The van der Waals surface area contributed by atoms with Gasteiger partial charge in [0.2, 0.25) is 5.91 Å². The number of aromatic nitrogens is 2. The molecule has 2 fully saturated rings. The van der Waals surface area contributed by atoms with Crippen LogP contribution in [0, 0.1) is 5.82 Å². The number of carbonyl (C=O) groups excluding carboxylic acids is 2. The van der Waals surface area contributed by atoms with Gasteiger partial charge in [0.25, 0.3) is 5.91 Å². The quantitative estimate of drug-likeness (QED) is 0.834. The van der Waals surface area contributed by atoms with Crippen LogP contribution in [0.4, 0.5) is 10.1 Å². The molecule has 2 heterocycles. The summed E-state index contributed by atoms with van der Waals surface area (Å²) in [5, 5.41) is 7.84. The first kappa shape index (κ1) is 19.3. The summed E-state index contributed by atoms with van der Waals surface area (Å²) in [6, 6.07) is 7.76. The lowest BCUT2D eigenvalue weighted by Gasteiger charge is -2.44. The summed E-state index contributed by atoms with van der Waals surface area (Å²) >= 11 is 0. The Morgan fingerprint density at radius 2 is 1.83 bits per heavy atom. The van der Waals surface area contributed by atoms with Crippen LogP contribution in [0.5, 0.6) is 0 Å². The highest BCUT2D eigenvalue weighted by Crippen LogP contribution is 2.41. The van der Waals surface area contributed by atoms with E-state index in [0.717, 1.165) is 44.2 Å². The number of rotatable bonds is 4. The molecule has 0 saturated heterocycles. The van der Waals surface area contributed by atoms with Crippen LogP contribution in [0.2, 0.25) is 0 Å². The number of amides is 2. The zero-order valence-electron chi connectivity index (χ0n) is 17.2. The number of halogens is 1. The van der Waals surface area contributed by atoms with E-state index in [1.54, 1.807) is 23.7 Å². The Kier molecular flexibility index (Phi) is 4.64. The van der Waals surface area contributed by atoms with Gasteiger partial charge < -0.3 is 5.32 Å². The van der Waals surface area contributed by atoms with Crippen LogP contribution in [-0.2, 0) is 11.3 Å². The number of anilines is 1. The molecule has 2 amide bonds. The normalized spacial score (nSPS) is 24.6. The van der Waals surface area contributed by atoms with E-state index in [1.807, 2.05) is 6.07 Å². The Morgan fingerprint density at radius 1 is 1.13 bits per heavy atom. The molecule has 0 spiro atoms. The largest absolute Gasteiger partial charge is 0.351 e. The maximum Gasteiger partial charge on any atom is 0.277 e. The average molecular weight is 410 g/mol. The zero-order valence-corrected chi connectivity index (χ0v) is 17.2. The Bertz CT molecular complexity index is 976. The van der Waals surface area contributed by atoms with Gasteiger partial charge in [0.15, 0.2) is 0 Å².